The highest BCUT2D eigenvalue weighted by atomic mass is 16.6. The molecule has 238 valence electrons. The first-order valence-electron chi connectivity index (χ1n) is 16.2. The fourth-order valence-corrected chi connectivity index (χ4v) is 5.95. The van der Waals surface area contributed by atoms with Crippen LogP contribution in [0.3, 0.4) is 0 Å². The highest BCUT2D eigenvalue weighted by molar-refractivity contribution is 6.02. The minimum absolute atomic E-state index is 0.258. The van der Waals surface area contributed by atoms with E-state index in [2.05, 4.69) is 78.9 Å². The van der Waals surface area contributed by atoms with Gasteiger partial charge >= 0.3 is 0 Å². The zero-order chi connectivity index (χ0) is 33.3. The third-order valence-electron chi connectivity index (χ3n) is 8.40. The standard InChI is InChI=1S/C16H14O.C14H12O2.C14H12O/c1-11(17)16-14-8-4-2-6-12(14)10-13-7-3-5-9-15(13)16;15-13(11-7-3-1-4-8-11)14(16)12-9-5-2-6-10-12;1-3-7-11(8-4-1)13-14(15-13)12-9-5-2-6-10-12/h2-11,17H,1H3;1-10,13,15H;1-10,13-14H. The SMILES string of the molecule is CC(O)c1c2ccccc2cc2ccccc12.O=C(c1ccccc1)C(O)c1ccccc1.c1ccc(C2OC2c2ccccc2)cc1. The quantitative estimate of drug-likeness (QED) is 0.109. The molecule has 7 aromatic rings. The lowest BCUT2D eigenvalue weighted by atomic mass is 9.94. The van der Waals surface area contributed by atoms with E-state index in [1.807, 2.05) is 55.5 Å². The van der Waals surface area contributed by atoms with Crippen molar-refractivity contribution in [3.63, 3.8) is 0 Å². The van der Waals surface area contributed by atoms with E-state index in [1.54, 1.807) is 48.5 Å². The summed E-state index contributed by atoms with van der Waals surface area (Å²) in [5.41, 5.74) is 4.71. The summed E-state index contributed by atoms with van der Waals surface area (Å²) in [6.07, 6.45) is -1.02. The third kappa shape index (κ3) is 7.76. The number of hydrogen-bond donors (Lipinski definition) is 2. The minimum atomic E-state index is -1.08. The largest absolute Gasteiger partial charge is 0.389 e. The van der Waals surface area contributed by atoms with Crippen LogP contribution in [-0.4, -0.2) is 16.0 Å². The average Bonchev–Trinajstić information content (AvgIpc) is 3.96. The number of carbonyl (C=O) groups excluding carboxylic acids is 1. The fraction of sp³-hybridized carbons (Fsp3) is 0.114. The number of carbonyl (C=O) groups is 1. The molecule has 1 aliphatic heterocycles. The van der Waals surface area contributed by atoms with Crippen LogP contribution in [0.15, 0.2) is 176 Å². The molecule has 8 rings (SSSR count). The van der Waals surface area contributed by atoms with Crippen molar-refractivity contribution in [3.05, 3.63) is 204 Å². The van der Waals surface area contributed by atoms with Crippen molar-refractivity contribution in [2.45, 2.75) is 31.3 Å². The summed E-state index contributed by atoms with van der Waals surface area (Å²) in [5.74, 6) is -0.271. The molecule has 0 amide bonds. The van der Waals surface area contributed by atoms with E-state index in [1.165, 1.54) is 21.9 Å². The van der Waals surface area contributed by atoms with Gasteiger partial charge in [0.15, 0.2) is 5.78 Å². The van der Waals surface area contributed by atoms with Gasteiger partial charge in [0, 0.05) is 5.56 Å². The molecular formula is C44H38O4. The summed E-state index contributed by atoms with van der Waals surface area (Å²) in [5, 5.41) is 24.6. The lowest BCUT2D eigenvalue weighted by Gasteiger charge is -2.13. The normalized spacial score (nSPS) is 16.1. The van der Waals surface area contributed by atoms with Gasteiger partial charge in [-0.2, -0.15) is 0 Å². The molecule has 0 bridgehead atoms. The van der Waals surface area contributed by atoms with Gasteiger partial charge in [0.05, 0.1) is 6.10 Å². The molecule has 0 aromatic heterocycles. The van der Waals surface area contributed by atoms with Crippen LogP contribution in [-0.2, 0) is 4.74 Å². The van der Waals surface area contributed by atoms with Gasteiger partial charge in [-0.15, -0.1) is 0 Å². The molecule has 0 radical (unpaired) electrons. The molecule has 0 spiro atoms. The molecule has 1 fully saturated rings. The second-order valence-electron chi connectivity index (χ2n) is 11.8. The topological polar surface area (TPSA) is 70.1 Å². The Bertz CT molecular complexity index is 1960. The van der Waals surface area contributed by atoms with Crippen molar-refractivity contribution in [1.29, 1.82) is 0 Å². The van der Waals surface area contributed by atoms with Gasteiger partial charge in [-0.25, -0.2) is 0 Å². The van der Waals surface area contributed by atoms with Crippen molar-refractivity contribution < 1.29 is 19.7 Å². The van der Waals surface area contributed by atoms with E-state index < -0.39 is 12.2 Å². The summed E-state index contributed by atoms with van der Waals surface area (Å²) in [7, 11) is 0. The number of ketones is 1. The van der Waals surface area contributed by atoms with E-state index in [4.69, 9.17) is 4.74 Å². The van der Waals surface area contributed by atoms with Gasteiger partial charge in [-0.05, 0) is 56.8 Å². The monoisotopic (exact) mass is 630 g/mol. The molecule has 1 aliphatic rings. The molecule has 1 heterocycles. The molecule has 0 saturated carbocycles. The summed E-state index contributed by atoms with van der Waals surface area (Å²) in [4.78, 5) is 11.9. The zero-order valence-corrected chi connectivity index (χ0v) is 26.8. The molecule has 7 aromatic carbocycles. The Labute approximate surface area is 281 Å². The smallest absolute Gasteiger partial charge is 0.195 e. The number of Topliss-reactive ketones (excluding diaryl/α,β-unsaturated/α-hetero) is 1. The number of fused-ring (bicyclic) bond motifs is 2. The number of rotatable bonds is 6. The first-order valence-corrected chi connectivity index (χ1v) is 16.2. The predicted octanol–water partition coefficient (Wildman–Crippen LogP) is 10.1. The van der Waals surface area contributed by atoms with Crippen LogP contribution in [0.2, 0.25) is 0 Å². The number of epoxide rings is 1. The van der Waals surface area contributed by atoms with Crippen LogP contribution >= 0.6 is 0 Å². The number of aliphatic hydroxyl groups is 2. The maximum Gasteiger partial charge on any atom is 0.195 e. The molecule has 2 N–H and O–H groups in total. The van der Waals surface area contributed by atoms with Gasteiger partial charge in [0.2, 0.25) is 0 Å². The second-order valence-corrected chi connectivity index (χ2v) is 11.8. The zero-order valence-electron chi connectivity index (χ0n) is 26.8. The Hall–Kier alpha value is -5.39. The highest BCUT2D eigenvalue weighted by Crippen LogP contribution is 2.50. The Morgan fingerprint density at radius 3 is 1.40 bits per heavy atom. The van der Waals surface area contributed by atoms with E-state index in [9.17, 15) is 15.0 Å². The molecule has 1 saturated heterocycles. The first kappa shape index (κ1) is 32.5. The summed E-state index contributed by atoms with van der Waals surface area (Å²) < 4.78 is 5.69. The van der Waals surface area contributed by atoms with Gasteiger partial charge in [-0.3, -0.25) is 4.79 Å². The van der Waals surface area contributed by atoms with E-state index in [0.29, 0.717) is 11.1 Å². The van der Waals surface area contributed by atoms with Gasteiger partial charge < -0.3 is 14.9 Å². The Morgan fingerprint density at radius 1 is 0.542 bits per heavy atom. The average molecular weight is 631 g/mol. The van der Waals surface area contributed by atoms with Crippen LogP contribution in [0.5, 0.6) is 0 Å². The van der Waals surface area contributed by atoms with Crippen LogP contribution in [0.25, 0.3) is 21.5 Å². The Kier molecular flexibility index (Phi) is 10.5. The highest BCUT2D eigenvalue weighted by Gasteiger charge is 2.40. The minimum Gasteiger partial charge on any atom is -0.389 e. The van der Waals surface area contributed by atoms with Crippen molar-refractivity contribution in [3.8, 4) is 0 Å². The molecule has 48 heavy (non-hydrogen) atoms. The Balaban J connectivity index is 0.000000126. The number of aliphatic hydroxyl groups excluding tert-OH is 2. The van der Waals surface area contributed by atoms with E-state index >= 15 is 0 Å². The number of benzene rings is 7. The lowest BCUT2D eigenvalue weighted by molar-refractivity contribution is 0.0747. The van der Waals surface area contributed by atoms with Crippen LogP contribution in [0.4, 0.5) is 0 Å². The van der Waals surface area contributed by atoms with Gasteiger partial charge in [-0.1, -0.05) is 170 Å². The van der Waals surface area contributed by atoms with E-state index in [0.717, 1.165) is 16.3 Å². The van der Waals surface area contributed by atoms with Gasteiger partial charge in [0.1, 0.15) is 18.3 Å². The predicted molar refractivity (Wildman–Crippen MR) is 194 cm³/mol. The summed E-state index contributed by atoms with van der Waals surface area (Å²) in [6, 6.07) is 57.1. The molecule has 4 nitrogen and oxygen atoms in total. The van der Waals surface area contributed by atoms with Crippen LogP contribution in [0.1, 0.15) is 64.0 Å². The van der Waals surface area contributed by atoms with Gasteiger partial charge in [0.25, 0.3) is 0 Å². The van der Waals surface area contributed by atoms with Crippen molar-refractivity contribution >= 4 is 27.3 Å². The second kappa shape index (κ2) is 15.5. The molecule has 4 atom stereocenters. The summed E-state index contributed by atoms with van der Waals surface area (Å²) in [6.45, 7) is 1.83. The number of ether oxygens (including phenoxy) is 1. The maximum absolute atomic E-state index is 11.9. The molecular weight excluding hydrogens is 592 g/mol. The van der Waals surface area contributed by atoms with Crippen LogP contribution < -0.4 is 0 Å². The summed E-state index contributed by atoms with van der Waals surface area (Å²) >= 11 is 0. The van der Waals surface area contributed by atoms with Crippen LogP contribution in [0, 0.1) is 0 Å². The molecule has 4 unspecified atom stereocenters. The molecule has 0 aliphatic carbocycles. The Morgan fingerprint density at radius 2 is 0.938 bits per heavy atom. The number of hydrogen-bond acceptors (Lipinski definition) is 4. The van der Waals surface area contributed by atoms with Crippen molar-refractivity contribution in [2.75, 3.05) is 0 Å². The fourth-order valence-electron chi connectivity index (χ4n) is 5.95. The third-order valence-corrected chi connectivity index (χ3v) is 8.40. The van der Waals surface area contributed by atoms with E-state index in [-0.39, 0.29) is 18.0 Å². The van der Waals surface area contributed by atoms with Crippen molar-refractivity contribution in [1.82, 2.24) is 0 Å². The van der Waals surface area contributed by atoms with Crippen molar-refractivity contribution in [2.24, 2.45) is 0 Å². The maximum atomic E-state index is 11.9. The first-order chi connectivity index (χ1) is 23.5. The lowest BCUT2D eigenvalue weighted by Crippen LogP contribution is -2.11. The molecule has 4 heteroatoms.